The standard InChI is InChI=1S/C10H21N3O/c1-9-8-11-5-7-13(9)6-4-10(14)12(2)3/h9,11H,4-8H2,1-3H3/t9-/m0/s1. The van der Waals surface area contributed by atoms with Gasteiger partial charge in [0.25, 0.3) is 0 Å². The SMILES string of the molecule is C[C@H]1CNCCN1CCC(=O)N(C)C. The van der Waals surface area contributed by atoms with E-state index in [9.17, 15) is 4.79 Å². The number of nitrogens with one attached hydrogen (secondary N) is 1. The maximum absolute atomic E-state index is 11.4. The molecule has 0 unspecified atom stereocenters. The van der Waals surface area contributed by atoms with Crippen molar-refractivity contribution in [2.75, 3.05) is 40.3 Å². The summed E-state index contributed by atoms with van der Waals surface area (Å²) in [6, 6.07) is 0.554. The summed E-state index contributed by atoms with van der Waals surface area (Å²) in [6.07, 6.45) is 0.636. The Hall–Kier alpha value is -0.610. The summed E-state index contributed by atoms with van der Waals surface area (Å²) in [4.78, 5) is 15.4. The van der Waals surface area contributed by atoms with Crippen molar-refractivity contribution in [2.45, 2.75) is 19.4 Å². The second-order valence-electron chi connectivity index (χ2n) is 4.13. The van der Waals surface area contributed by atoms with E-state index in [0.29, 0.717) is 12.5 Å². The van der Waals surface area contributed by atoms with Crippen LogP contribution < -0.4 is 5.32 Å². The lowest BCUT2D eigenvalue weighted by molar-refractivity contribution is -0.129. The van der Waals surface area contributed by atoms with Crippen LogP contribution in [-0.2, 0) is 4.79 Å². The van der Waals surface area contributed by atoms with Gasteiger partial charge in [0.15, 0.2) is 0 Å². The summed E-state index contributed by atoms with van der Waals surface area (Å²) in [5.74, 6) is 0.218. The van der Waals surface area contributed by atoms with Gasteiger partial charge in [0, 0.05) is 52.7 Å². The molecule has 1 rings (SSSR count). The molecule has 0 radical (unpaired) electrons. The summed E-state index contributed by atoms with van der Waals surface area (Å²) >= 11 is 0. The van der Waals surface area contributed by atoms with Crippen LogP contribution in [0.3, 0.4) is 0 Å². The fourth-order valence-corrected chi connectivity index (χ4v) is 1.68. The molecule has 1 fully saturated rings. The Balaban J connectivity index is 2.26. The van der Waals surface area contributed by atoms with Crippen LogP contribution in [0.15, 0.2) is 0 Å². The third-order valence-corrected chi connectivity index (χ3v) is 2.75. The van der Waals surface area contributed by atoms with Crippen LogP contribution >= 0.6 is 0 Å². The maximum atomic E-state index is 11.4. The fraction of sp³-hybridized carbons (Fsp3) is 0.900. The molecule has 4 heteroatoms. The lowest BCUT2D eigenvalue weighted by Gasteiger charge is -2.33. The molecule has 0 aliphatic carbocycles. The average Bonchev–Trinajstić information content (AvgIpc) is 2.16. The Labute approximate surface area is 86.2 Å². The van der Waals surface area contributed by atoms with Gasteiger partial charge in [-0.15, -0.1) is 0 Å². The van der Waals surface area contributed by atoms with E-state index < -0.39 is 0 Å². The number of hydrogen-bond donors (Lipinski definition) is 1. The van der Waals surface area contributed by atoms with E-state index in [4.69, 9.17) is 0 Å². The molecule has 1 N–H and O–H groups in total. The van der Waals surface area contributed by atoms with Crippen LogP contribution in [0.1, 0.15) is 13.3 Å². The molecule has 1 aliphatic heterocycles. The average molecular weight is 199 g/mol. The van der Waals surface area contributed by atoms with Crippen LogP contribution in [0.5, 0.6) is 0 Å². The predicted molar refractivity (Wildman–Crippen MR) is 57.2 cm³/mol. The van der Waals surface area contributed by atoms with Gasteiger partial charge in [0.05, 0.1) is 0 Å². The third kappa shape index (κ3) is 3.27. The number of amides is 1. The van der Waals surface area contributed by atoms with E-state index in [2.05, 4.69) is 17.1 Å². The fourth-order valence-electron chi connectivity index (χ4n) is 1.68. The lowest BCUT2D eigenvalue weighted by atomic mass is 10.2. The zero-order chi connectivity index (χ0) is 10.6. The van der Waals surface area contributed by atoms with Crippen LogP contribution in [-0.4, -0.2) is 62.0 Å². The molecular formula is C10H21N3O. The summed E-state index contributed by atoms with van der Waals surface area (Å²) in [6.45, 7) is 6.23. The molecule has 0 aromatic carbocycles. The summed E-state index contributed by atoms with van der Waals surface area (Å²) < 4.78 is 0. The highest BCUT2D eigenvalue weighted by molar-refractivity contribution is 5.75. The molecule has 82 valence electrons. The molecule has 0 saturated carbocycles. The molecule has 1 saturated heterocycles. The molecule has 0 spiro atoms. The van der Waals surface area contributed by atoms with Crippen LogP contribution in [0.4, 0.5) is 0 Å². The molecule has 1 aliphatic rings. The quantitative estimate of drug-likeness (QED) is 0.681. The molecule has 1 amide bonds. The van der Waals surface area contributed by atoms with E-state index in [1.54, 1.807) is 4.90 Å². The van der Waals surface area contributed by atoms with Crippen LogP contribution in [0.25, 0.3) is 0 Å². The van der Waals surface area contributed by atoms with Gasteiger partial charge in [0.2, 0.25) is 5.91 Å². The van der Waals surface area contributed by atoms with Crippen molar-refractivity contribution in [3.8, 4) is 0 Å². The minimum Gasteiger partial charge on any atom is -0.349 e. The Morgan fingerprint density at radius 3 is 2.86 bits per heavy atom. The molecule has 1 atom stereocenters. The minimum absolute atomic E-state index is 0.218. The highest BCUT2D eigenvalue weighted by atomic mass is 16.2. The van der Waals surface area contributed by atoms with Crippen molar-refractivity contribution >= 4 is 5.91 Å². The first-order valence-electron chi connectivity index (χ1n) is 5.26. The van der Waals surface area contributed by atoms with E-state index in [-0.39, 0.29) is 5.91 Å². The Morgan fingerprint density at radius 2 is 2.29 bits per heavy atom. The number of piperazine rings is 1. The van der Waals surface area contributed by atoms with Gasteiger partial charge in [0.1, 0.15) is 0 Å². The van der Waals surface area contributed by atoms with Gasteiger partial charge in [-0.05, 0) is 6.92 Å². The smallest absolute Gasteiger partial charge is 0.223 e. The number of nitrogens with zero attached hydrogens (tertiary/aromatic N) is 2. The second kappa shape index (κ2) is 5.32. The molecule has 0 aromatic heterocycles. The Kier molecular flexibility index (Phi) is 4.35. The molecule has 1 heterocycles. The van der Waals surface area contributed by atoms with Crippen molar-refractivity contribution in [3.05, 3.63) is 0 Å². The highest BCUT2D eigenvalue weighted by Gasteiger charge is 2.18. The van der Waals surface area contributed by atoms with Gasteiger partial charge in [-0.1, -0.05) is 0 Å². The molecule has 0 aromatic rings. The van der Waals surface area contributed by atoms with Gasteiger partial charge in [-0.2, -0.15) is 0 Å². The topological polar surface area (TPSA) is 35.6 Å². The molecule has 14 heavy (non-hydrogen) atoms. The summed E-state index contributed by atoms with van der Waals surface area (Å²) in [7, 11) is 3.62. The van der Waals surface area contributed by atoms with Crippen molar-refractivity contribution in [2.24, 2.45) is 0 Å². The first-order chi connectivity index (χ1) is 6.61. The highest BCUT2D eigenvalue weighted by Crippen LogP contribution is 2.03. The van der Waals surface area contributed by atoms with Crippen molar-refractivity contribution in [3.63, 3.8) is 0 Å². The van der Waals surface area contributed by atoms with E-state index in [1.165, 1.54) is 0 Å². The van der Waals surface area contributed by atoms with Gasteiger partial charge in [-0.3, -0.25) is 9.69 Å². The Bertz CT molecular complexity index is 194. The maximum Gasteiger partial charge on any atom is 0.223 e. The zero-order valence-corrected chi connectivity index (χ0v) is 9.42. The first-order valence-corrected chi connectivity index (χ1v) is 5.26. The lowest BCUT2D eigenvalue weighted by Crippen LogP contribution is -2.50. The van der Waals surface area contributed by atoms with Gasteiger partial charge < -0.3 is 10.2 Å². The monoisotopic (exact) mass is 199 g/mol. The zero-order valence-electron chi connectivity index (χ0n) is 9.42. The van der Waals surface area contributed by atoms with Crippen molar-refractivity contribution in [1.29, 1.82) is 0 Å². The van der Waals surface area contributed by atoms with Crippen molar-refractivity contribution < 1.29 is 4.79 Å². The first kappa shape index (κ1) is 11.5. The molecule has 0 bridgehead atoms. The van der Waals surface area contributed by atoms with E-state index in [1.807, 2.05) is 14.1 Å². The molecular weight excluding hydrogens is 178 g/mol. The normalized spacial score (nSPS) is 23.5. The van der Waals surface area contributed by atoms with Gasteiger partial charge >= 0.3 is 0 Å². The number of hydrogen-bond acceptors (Lipinski definition) is 3. The third-order valence-electron chi connectivity index (χ3n) is 2.75. The minimum atomic E-state index is 0.218. The number of rotatable bonds is 3. The van der Waals surface area contributed by atoms with Crippen molar-refractivity contribution in [1.82, 2.24) is 15.1 Å². The number of carbonyl (C=O) groups is 1. The summed E-state index contributed by atoms with van der Waals surface area (Å²) in [5, 5.41) is 3.34. The van der Waals surface area contributed by atoms with Gasteiger partial charge in [-0.25, -0.2) is 0 Å². The van der Waals surface area contributed by atoms with Crippen LogP contribution in [0, 0.1) is 0 Å². The largest absolute Gasteiger partial charge is 0.349 e. The second-order valence-corrected chi connectivity index (χ2v) is 4.13. The molecule has 4 nitrogen and oxygen atoms in total. The van der Waals surface area contributed by atoms with Crippen LogP contribution in [0.2, 0.25) is 0 Å². The van der Waals surface area contributed by atoms with E-state index in [0.717, 1.165) is 26.2 Å². The summed E-state index contributed by atoms with van der Waals surface area (Å²) in [5.41, 5.74) is 0. The number of carbonyl (C=O) groups excluding carboxylic acids is 1. The predicted octanol–water partition coefficient (Wildman–Crippen LogP) is -0.242. The Morgan fingerprint density at radius 1 is 1.57 bits per heavy atom. The van der Waals surface area contributed by atoms with E-state index >= 15 is 0 Å².